The molecule has 98 valence electrons. The van der Waals surface area contributed by atoms with Crippen molar-refractivity contribution < 1.29 is 14.3 Å². The smallest absolute Gasteiger partial charge is 0.309 e. The van der Waals surface area contributed by atoms with E-state index in [0.717, 1.165) is 31.3 Å². The molecular weight excluding hydrogens is 296 g/mol. The van der Waals surface area contributed by atoms with Gasteiger partial charge in [-0.15, -0.1) is 0 Å². The SMILES string of the molecule is COC(=O)[C@H]1C[C@@H]2CC[C@]13CCC(Br)C=C3C2=O. The number of esters is 1. The van der Waals surface area contributed by atoms with Crippen LogP contribution in [0.25, 0.3) is 0 Å². The number of halogens is 1. The summed E-state index contributed by atoms with van der Waals surface area (Å²) in [6.45, 7) is 0. The molecule has 0 amide bonds. The van der Waals surface area contributed by atoms with Gasteiger partial charge < -0.3 is 4.74 Å². The monoisotopic (exact) mass is 312 g/mol. The number of ether oxygens (including phenoxy) is 1. The molecule has 0 aromatic heterocycles. The molecule has 1 spiro atoms. The van der Waals surface area contributed by atoms with Crippen LogP contribution < -0.4 is 0 Å². The predicted octanol–water partition coefficient (Wildman–Crippen LogP) is 2.63. The lowest BCUT2D eigenvalue weighted by Gasteiger charge is -2.53. The van der Waals surface area contributed by atoms with Crippen molar-refractivity contribution >= 4 is 27.7 Å². The van der Waals surface area contributed by atoms with Gasteiger partial charge in [0.2, 0.25) is 0 Å². The fourth-order valence-corrected chi connectivity index (χ4v) is 4.56. The molecule has 0 N–H and O–H groups in total. The molecule has 4 rings (SSSR count). The fourth-order valence-electron chi connectivity index (χ4n) is 4.07. The number of Topliss-reactive ketones (excluding diaryl/α,β-unsaturated/α-hetero) is 1. The van der Waals surface area contributed by atoms with E-state index in [1.165, 1.54) is 7.11 Å². The maximum atomic E-state index is 12.4. The van der Waals surface area contributed by atoms with E-state index in [9.17, 15) is 9.59 Å². The van der Waals surface area contributed by atoms with Crippen molar-refractivity contribution in [2.45, 2.75) is 36.9 Å². The maximum Gasteiger partial charge on any atom is 0.309 e. The van der Waals surface area contributed by atoms with Crippen molar-refractivity contribution in [1.29, 1.82) is 0 Å². The fraction of sp³-hybridized carbons (Fsp3) is 0.714. The molecule has 3 fully saturated rings. The summed E-state index contributed by atoms with van der Waals surface area (Å²) in [5.41, 5.74) is 0.692. The van der Waals surface area contributed by atoms with E-state index in [4.69, 9.17) is 4.74 Å². The highest BCUT2D eigenvalue weighted by molar-refractivity contribution is 9.09. The lowest BCUT2D eigenvalue weighted by Crippen LogP contribution is -2.53. The van der Waals surface area contributed by atoms with E-state index in [2.05, 4.69) is 15.9 Å². The van der Waals surface area contributed by atoms with Gasteiger partial charge in [-0.3, -0.25) is 9.59 Å². The van der Waals surface area contributed by atoms with E-state index in [1.807, 2.05) is 6.08 Å². The highest BCUT2D eigenvalue weighted by Crippen LogP contribution is 2.59. The summed E-state index contributed by atoms with van der Waals surface area (Å²) >= 11 is 3.58. The van der Waals surface area contributed by atoms with Crippen molar-refractivity contribution in [2.75, 3.05) is 7.11 Å². The molecule has 4 aliphatic rings. The Hall–Kier alpha value is -0.640. The third kappa shape index (κ3) is 1.54. The van der Waals surface area contributed by atoms with Gasteiger partial charge in [0.05, 0.1) is 13.0 Å². The zero-order chi connectivity index (χ0) is 12.9. The maximum absolute atomic E-state index is 12.4. The molecule has 1 unspecified atom stereocenters. The molecule has 4 atom stereocenters. The summed E-state index contributed by atoms with van der Waals surface area (Å²) in [7, 11) is 1.45. The molecule has 2 bridgehead atoms. The average Bonchev–Trinajstić information content (AvgIpc) is 2.39. The van der Waals surface area contributed by atoms with Gasteiger partial charge in [0.15, 0.2) is 5.78 Å². The lowest BCUT2D eigenvalue weighted by atomic mass is 9.49. The van der Waals surface area contributed by atoms with Crippen LogP contribution in [0.4, 0.5) is 0 Å². The van der Waals surface area contributed by atoms with Crippen molar-refractivity contribution in [3.05, 3.63) is 11.6 Å². The number of alkyl halides is 1. The Morgan fingerprint density at radius 3 is 2.89 bits per heavy atom. The molecule has 3 nitrogen and oxygen atoms in total. The van der Waals surface area contributed by atoms with Crippen LogP contribution in [-0.4, -0.2) is 23.7 Å². The minimum absolute atomic E-state index is 0.0417. The molecule has 4 heteroatoms. The van der Waals surface area contributed by atoms with Gasteiger partial charge in [0.25, 0.3) is 0 Å². The summed E-state index contributed by atoms with van der Waals surface area (Å²) < 4.78 is 4.96. The number of ketones is 1. The number of fused-ring (bicyclic) bond motifs is 2. The average molecular weight is 313 g/mol. The minimum Gasteiger partial charge on any atom is -0.469 e. The Kier molecular flexibility index (Phi) is 2.88. The molecule has 0 aliphatic heterocycles. The van der Waals surface area contributed by atoms with E-state index in [-0.39, 0.29) is 33.8 Å². The Bertz CT molecular complexity index is 442. The van der Waals surface area contributed by atoms with Gasteiger partial charge in [0.1, 0.15) is 0 Å². The van der Waals surface area contributed by atoms with Gasteiger partial charge in [-0.05, 0) is 37.7 Å². The first kappa shape index (κ1) is 12.4. The number of carbonyl (C=O) groups excluding carboxylic acids is 2. The minimum atomic E-state index is -0.219. The van der Waals surface area contributed by atoms with Gasteiger partial charge in [-0.1, -0.05) is 22.0 Å². The van der Waals surface area contributed by atoms with E-state index >= 15 is 0 Å². The third-order valence-corrected chi connectivity index (χ3v) is 5.72. The second kappa shape index (κ2) is 4.19. The van der Waals surface area contributed by atoms with Crippen LogP contribution in [0.5, 0.6) is 0 Å². The predicted molar refractivity (Wildman–Crippen MR) is 70.3 cm³/mol. The molecule has 3 saturated carbocycles. The standard InChI is InChI=1S/C14H17BrO3/c1-18-13(17)11-6-8-2-4-14(11)5-3-9(15)7-10(14)12(8)16/h7-9,11H,2-6H2,1H3/t8-,9?,11+,14+/m0/s1. The first-order valence-corrected chi connectivity index (χ1v) is 7.48. The molecule has 0 saturated heterocycles. The second-order valence-corrected chi connectivity index (χ2v) is 6.88. The van der Waals surface area contributed by atoms with E-state index in [1.54, 1.807) is 0 Å². The molecule has 0 heterocycles. The third-order valence-electron chi connectivity index (χ3n) is 5.00. The highest BCUT2D eigenvalue weighted by atomic mass is 79.9. The molecule has 0 aromatic rings. The van der Waals surface area contributed by atoms with Gasteiger partial charge in [0, 0.05) is 16.2 Å². The van der Waals surface area contributed by atoms with Gasteiger partial charge >= 0.3 is 5.97 Å². The molecule has 0 aromatic carbocycles. The number of methoxy groups -OCH3 is 1. The van der Waals surface area contributed by atoms with Crippen LogP contribution in [0.15, 0.2) is 11.6 Å². The Labute approximate surface area is 115 Å². The van der Waals surface area contributed by atoms with Crippen molar-refractivity contribution in [1.82, 2.24) is 0 Å². The zero-order valence-corrected chi connectivity index (χ0v) is 12.0. The Morgan fingerprint density at radius 1 is 1.44 bits per heavy atom. The number of rotatable bonds is 1. The number of hydrogen-bond acceptors (Lipinski definition) is 3. The van der Waals surface area contributed by atoms with Crippen molar-refractivity contribution in [2.24, 2.45) is 17.3 Å². The Balaban J connectivity index is 2.07. The molecular formula is C14H17BrO3. The molecule has 4 aliphatic carbocycles. The summed E-state index contributed by atoms with van der Waals surface area (Å²) in [6, 6.07) is 0. The largest absolute Gasteiger partial charge is 0.469 e. The van der Waals surface area contributed by atoms with E-state index < -0.39 is 0 Å². The van der Waals surface area contributed by atoms with Crippen molar-refractivity contribution in [3.8, 4) is 0 Å². The van der Waals surface area contributed by atoms with Crippen LogP contribution >= 0.6 is 15.9 Å². The number of hydrogen-bond donors (Lipinski definition) is 0. The van der Waals surface area contributed by atoms with Crippen molar-refractivity contribution in [3.63, 3.8) is 0 Å². The first-order valence-electron chi connectivity index (χ1n) is 6.57. The molecule has 18 heavy (non-hydrogen) atoms. The lowest BCUT2D eigenvalue weighted by molar-refractivity contribution is -0.157. The van der Waals surface area contributed by atoms with Crippen LogP contribution in [0.3, 0.4) is 0 Å². The number of carbonyl (C=O) groups is 2. The van der Waals surface area contributed by atoms with Crippen LogP contribution in [0.2, 0.25) is 0 Å². The highest BCUT2D eigenvalue weighted by Gasteiger charge is 2.58. The second-order valence-electron chi connectivity index (χ2n) is 5.70. The summed E-state index contributed by atoms with van der Waals surface area (Å²) in [6.07, 6.45) is 6.57. The van der Waals surface area contributed by atoms with Crippen LogP contribution in [-0.2, 0) is 14.3 Å². The van der Waals surface area contributed by atoms with Gasteiger partial charge in [-0.2, -0.15) is 0 Å². The summed E-state index contributed by atoms with van der Waals surface area (Å²) in [5.74, 6) is 0.0851. The molecule has 0 radical (unpaired) electrons. The topological polar surface area (TPSA) is 43.4 Å². The van der Waals surface area contributed by atoms with Crippen LogP contribution in [0.1, 0.15) is 32.1 Å². The normalized spacial score (nSPS) is 42.2. The van der Waals surface area contributed by atoms with Crippen LogP contribution in [0, 0.1) is 17.3 Å². The Morgan fingerprint density at radius 2 is 2.17 bits per heavy atom. The summed E-state index contributed by atoms with van der Waals surface area (Å²) in [5, 5.41) is 0. The summed E-state index contributed by atoms with van der Waals surface area (Å²) in [4.78, 5) is 24.7. The zero-order valence-electron chi connectivity index (χ0n) is 10.4. The quantitative estimate of drug-likeness (QED) is 0.552. The van der Waals surface area contributed by atoms with Gasteiger partial charge in [-0.25, -0.2) is 0 Å². The first-order chi connectivity index (χ1) is 8.58. The van der Waals surface area contributed by atoms with E-state index in [0.29, 0.717) is 6.42 Å². The number of allylic oxidation sites excluding steroid dienone is 2.